The number of fused-ring (bicyclic) bond motifs is 12. The van der Waals surface area contributed by atoms with Gasteiger partial charge in [0.25, 0.3) is 0 Å². The van der Waals surface area contributed by atoms with E-state index in [-0.39, 0.29) is 0 Å². The Balaban J connectivity index is 1.18. The number of anilines is 3. The molecule has 272 valence electrons. The normalized spacial score (nSPS) is 13.6. The Morgan fingerprint density at radius 2 is 1.03 bits per heavy atom. The monoisotopic (exact) mass is 758 g/mol. The van der Waals surface area contributed by atoms with Crippen molar-refractivity contribution in [3.05, 3.63) is 229 Å². The van der Waals surface area contributed by atoms with Crippen molar-refractivity contribution in [1.82, 2.24) is 14.5 Å². The summed E-state index contributed by atoms with van der Waals surface area (Å²) in [7, 11) is 0. The van der Waals surface area contributed by atoms with E-state index in [9.17, 15) is 0 Å². The first kappa shape index (κ1) is 33.0. The molecule has 2 aliphatic rings. The highest BCUT2D eigenvalue weighted by molar-refractivity contribution is 7.99. The number of rotatable bonds is 4. The van der Waals surface area contributed by atoms with Gasteiger partial charge in [0.05, 0.1) is 33.5 Å². The molecule has 12 rings (SSSR count). The van der Waals surface area contributed by atoms with Crippen LogP contribution in [0.2, 0.25) is 0 Å². The van der Waals surface area contributed by atoms with Gasteiger partial charge in [0.1, 0.15) is 5.82 Å². The molecule has 0 saturated heterocycles. The van der Waals surface area contributed by atoms with Gasteiger partial charge in [-0.25, -0.2) is 9.97 Å². The van der Waals surface area contributed by atoms with Crippen LogP contribution in [0.1, 0.15) is 22.3 Å². The zero-order chi connectivity index (χ0) is 38.2. The predicted molar refractivity (Wildman–Crippen MR) is 238 cm³/mol. The van der Waals surface area contributed by atoms with Crippen LogP contribution in [0.25, 0.3) is 50.3 Å². The predicted octanol–water partition coefficient (Wildman–Crippen LogP) is 13.5. The molecular formula is C53H34N4S. The Kier molecular flexibility index (Phi) is 7.34. The molecule has 0 atom stereocenters. The molecule has 0 aliphatic carbocycles. The first-order chi connectivity index (χ1) is 28.8. The summed E-state index contributed by atoms with van der Waals surface area (Å²) in [4.78, 5) is 15.4. The first-order valence-electron chi connectivity index (χ1n) is 19.7. The maximum absolute atomic E-state index is 5.34. The van der Waals surface area contributed by atoms with E-state index in [0.717, 1.165) is 39.4 Å². The number of hydrogen-bond acceptors (Lipinski definition) is 4. The van der Waals surface area contributed by atoms with Crippen molar-refractivity contribution in [1.29, 1.82) is 0 Å². The van der Waals surface area contributed by atoms with Crippen LogP contribution in [0.15, 0.2) is 216 Å². The van der Waals surface area contributed by atoms with Crippen molar-refractivity contribution in [2.75, 3.05) is 4.90 Å². The number of para-hydroxylation sites is 4. The fourth-order valence-corrected chi connectivity index (χ4v) is 10.8. The largest absolute Gasteiger partial charge is 0.310 e. The van der Waals surface area contributed by atoms with Crippen LogP contribution in [0.5, 0.6) is 0 Å². The zero-order valence-corrected chi connectivity index (χ0v) is 32.1. The van der Waals surface area contributed by atoms with Gasteiger partial charge in [0.2, 0.25) is 0 Å². The fourth-order valence-electron chi connectivity index (χ4n) is 9.50. The first-order valence-corrected chi connectivity index (χ1v) is 20.5. The van der Waals surface area contributed by atoms with Gasteiger partial charge in [-0.3, -0.25) is 4.57 Å². The summed E-state index contributed by atoms with van der Waals surface area (Å²) in [6, 6.07) is 74.3. The summed E-state index contributed by atoms with van der Waals surface area (Å²) in [6.45, 7) is 0. The highest BCUT2D eigenvalue weighted by Crippen LogP contribution is 2.64. The van der Waals surface area contributed by atoms with Gasteiger partial charge in [-0.15, -0.1) is 0 Å². The third-order valence-corrected chi connectivity index (χ3v) is 13.1. The highest BCUT2D eigenvalue weighted by atomic mass is 32.2. The smallest absolute Gasteiger partial charge is 0.162 e. The van der Waals surface area contributed by atoms with Crippen molar-refractivity contribution < 1.29 is 0 Å². The SMILES string of the molecule is c1ccc(-c2cc(-n3c4ccccc4c4c5c(ccc43)C3(c4ccccc4S5)c4ccccc4N(c4ccccc4)c4ccccc43)nc(-c3ccccc3)n2)cc1. The molecule has 0 N–H and O–H groups in total. The second-order valence-corrected chi connectivity index (χ2v) is 16.0. The Morgan fingerprint density at radius 3 is 1.76 bits per heavy atom. The molecule has 10 aromatic rings. The maximum atomic E-state index is 5.34. The summed E-state index contributed by atoms with van der Waals surface area (Å²) < 4.78 is 2.35. The minimum Gasteiger partial charge on any atom is -0.310 e. The molecule has 2 aliphatic heterocycles. The van der Waals surface area contributed by atoms with Crippen LogP contribution < -0.4 is 4.90 Å². The molecule has 8 aromatic carbocycles. The van der Waals surface area contributed by atoms with Gasteiger partial charge in [-0.05, 0) is 64.7 Å². The molecular weight excluding hydrogens is 725 g/mol. The average molecular weight is 759 g/mol. The van der Waals surface area contributed by atoms with Gasteiger partial charge >= 0.3 is 0 Å². The van der Waals surface area contributed by atoms with Crippen molar-refractivity contribution >= 4 is 50.6 Å². The summed E-state index contributed by atoms with van der Waals surface area (Å²) in [5.41, 5.74) is 13.2. The van der Waals surface area contributed by atoms with E-state index in [4.69, 9.17) is 9.97 Å². The Morgan fingerprint density at radius 1 is 0.448 bits per heavy atom. The van der Waals surface area contributed by atoms with Gasteiger partial charge in [0.15, 0.2) is 5.82 Å². The molecule has 5 heteroatoms. The van der Waals surface area contributed by atoms with E-state index in [2.05, 4.69) is 191 Å². The second kappa shape index (κ2) is 12.9. The summed E-state index contributed by atoms with van der Waals surface area (Å²) in [6.07, 6.45) is 0. The molecule has 0 unspecified atom stereocenters. The molecule has 4 heterocycles. The lowest BCUT2D eigenvalue weighted by Gasteiger charge is -2.49. The van der Waals surface area contributed by atoms with Crippen LogP contribution in [-0.2, 0) is 5.41 Å². The number of benzene rings is 8. The lowest BCUT2D eigenvalue weighted by molar-refractivity contribution is 0.695. The third kappa shape index (κ3) is 4.71. The molecule has 0 fully saturated rings. The van der Waals surface area contributed by atoms with Gasteiger partial charge in [-0.2, -0.15) is 0 Å². The molecule has 0 saturated carbocycles. The molecule has 0 radical (unpaired) electrons. The Hall–Kier alpha value is -7.21. The summed E-state index contributed by atoms with van der Waals surface area (Å²) in [5, 5.41) is 2.43. The van der Waals surface area contributed by atoms with Crippen molar-refractivity contribution in [3.63, 3.8) is 0 Å². The van der Waals surface area contributed by atoms with Crippen LogP contribution >= 0.6 is 11.8 Å². The highest BCUT2D eigenvalue weighted by Gasteiger charge is 2.50. The summed E-state index contributed by atoms with van der Waals surface area (Å²) in [5.74, 6) is 1.53. The van der Waals surface area contributed by atoms with Crippen LogP contribution in [0, 0.1) is 0 Å². The quantitative estimate of drug-likeness (QED) is 0.179. The molecule has 58 heavy (non-hydrogen) atoms. The second-order valence-electron chi connectivity index (χ2n) is 14.9. The topological polar surface area (TPSA) is 34.0 Å². The van der Waals surface area contributed by atoms with E-state index in [1.807, 2.05) is 36.0 Å². The molecule has 2 aromatic heterocycles. The molecule has 1 spiro atoms. The van der Waals surface area contributed by atoms with E-state index < -0.39 is 5.41 Å². The van der Waals surface area contributed by atoms with E-state index in [1.165, 1.54) is 54.2 Å². The van der Waals surface area contributed by atoms with Crippen molar-refractivity contribution in [3.8, 4) is 28.5 Å². The number of nitrogens with zero attached hydrogens (tertiary/aromatic N) is 4. The van der Waals surface area contributed by atoms with E-state index in [1.54, 1.807) is 0 Å². The number of hydrogen-bond donors (Lipinski definition) is 0. The Labute approximate surface area is 340 Å². The summed E-state index contributed by atoms with van der Waals surface area (Å²) >= 11 is 1.89. The fraction of sp³-hybridized carbons (Fsp3) is 0.0189. The van der Waals surface area contributed by atoms with Crippen molar-refractivity contribution in [2.24, 2.45) is 0 Å². The number of aromatic nitrogens is 3. The van der Waals surface area contributed by atoms with E-state index in [0.29, 0.717) is 5.82 Å². The van der Waals surface area contributed by atoms with Crippen molar-refractivity contribution in [2.45, 2.75) is 15.2 Å². The average Bonchev–Trinajstić information content (AvgIpc) is 3.65. The minimum absolute atomic E-state index is 0.580. The van der Waals surface area contributed by atoms with Crippen LogP contribution in [0.4, 0.5) is 17.1 Å². The van der Waals surface area contributed by atoms with Gasteiger partial charge in [-0.1, -0.05) is 169 Å². The molecule has 0 bridgehead atoms. The van der Waals surface area contributed by atoms with Gasteiger partial charge in [0, 0.05) is 43.4 Å². The third-order valence-electron chi connectivity index (χ3n) is 11.9. The standard InChI is InChI=1S/C53H34N4S/c1-4-18-35(19-5-1)43-34-49(55-52(54-43)36-20-6-2-7-21-36)57-44-28-14-10-24-38(44)50-47(57)33-32-42-51(50)58-48-31-17-13-27-41(48)53(42)39-25-11-15-29-45(39)56(37-22-8-3-9-23-37)46-30-16-12-26-40(46)53/h1-34H. The Bertz CT molecular complexity index is 3110. The van der Waals surface area contributed by atoms with Crippen LogP contribution in [0.3, 0.4) is 0 Å². The lowest BCUT2D eigenvalue weighted by Crippen LogP contribution is -2.39. The molecule has 0 amide bonds. The maximum Gasteiger partial charge on any atom is 0.162 e. The molecule has 4 nitrogen and oxygen atoms in total. The zero-order valence-electron chi connectivity index (χ0n) is 31.3. The van der Waals surface area contributed by atoms with Gasteiger partial charge < -0.3 is 4.90 Å². The van der Waals surface area contributed by atoms with Crippen LogP contribution in [-0.4, -0.2) is 14.5 Å². The van der Waals surface area contributed by atoms with E-state index >= 15 is 0 Å². The minimum atomic E-state index is -0.580. The lowest BCUT2D eigenvalue weighted by atomic mass is 9.62.